The molecule has 25 nitrogen and oxygen atoms in total. The van der Waals surface area contributed by atoms with Gasteiger partial charge in [-0.3, -0.25) is 47.9 Å². The third kappa shape index (κ3) is 12.4. The first-order valence-electron chi connectivity index (χ1n) is 20.9. The number of amides is 10. The second-order valence-electron chi connectivity index (χ2n) is 16.5. The molecule has 0 aromatic carbocycles. The number of aliphatic hydroxyl groups is 4. The van der Waals surface area contributed by atoms with E-state index in [1.54, 1.807) is 13.8 Å². The minimum absolute atomic E-state index is 0.0296. The van der Waals surface area contributed by atoms with E-state index in [2.05, 4.69) is 26.6 Å². The van der Waals surface area contributed by atoms with E-state index in [4.69, 9.17) is 16.2 Å². The lowest BCUT2D eigenvalue weighted by Crippen LogP contribution is -2.59. The molecule has 352 valence electrons. The van der Waals surface area contributed by atoms with Gasteiger partial charge in [-0.25, -0.2) is 0 Å². The fourth-order valence-electron chi connectivity index (χ4n) is 7.99. The van der Waals surface area contributed by atoms with E-state index < -0.39 is 146 Å². The van der Waals surface area contributed by atoms with E-state index in [0.717, 1.165) is 0 Å². The van der Waals surface area contributed by atoms with Crippen LogP contribution < -0.4 is 38.1 Å². The Morgan fingerprint density at radius 2 is 1.02 bits per heavy atom. The van der Waals surface area contributed by atoms with Crippen molar-refractivity contribution in [3.63, 3.8) is 0 Å². The molecule has 4 aliphatic heterocycles. The number of ether oxygens (including phenoxy) is 1. The summed E-state index contributed by atoms with van der Waals surface area (Å²) in [5.41, 5.74) is 10.4. The van der Waals surface area contributed by atoms with Crippen molar-refractivity contribution < 1.29 is 73.1 Å². The van der Waals surface area contributed by atoms with E-state index in [1.165, 1.54) is 21.6 Å². The monoisotopic (exact) mass is 896 g/mol. The van der Waals surface area contributed by atoms with Crippen LogP contribution in [-0.4, -0.2) is 200 Å². The Morgan fingerprint density at radius 1 is 0.571 bits per heavy atom. The molecule has 0 saturated carbocycles. The van der Waals surface area contributed by atoms with Gasteiger partial charge in [0.2, 0.25) is 47.3 Å². The van der Waals surface area contributed by atoms with Gasteiger partial charge >= 0.3 is 0 Å². The number of primary amides is 2. The van der Waals surface area contributed by atoms with Crippen molar-refractivity contribution in [2.45, 2.75) is 132 Å². The van der Waals surface area contributed by atoms with Crippen molar-refractivity contribution in [3.05, 3.63) is 0 Å². The summed E-state index contributed by atoms with van der Waals surface area (Å²) in [4.78, 5) is 134. The minimum atomic E-state index is -1.61. The lowest BCUT2D eigenvalue weighted by Gasteiger charge is -2.34. The van der Waals surface area contributed by atoms with E-state index in [9.17, 15) is 68.4 Å². The van der Waals surface area contributed by atoms with Crippen LogP contribution in [-0.2, 0) is 52.7 Å². The fraction of sp³-hybridized carbons (Fsp3) is 0.737. The molecule has 0 bridgehead atoms. The molecule has 0 unspecified atom stereocenters. The lowest BCUT2D eigenvalue weighted by molar-refractivity contribution is -0.151. The molecule has 0 spiro atoms. The normalized spacial score (nSPS) is 24.6. The average Bonchev–Trinajstić information content (AvgIpc) is 3.57. The maximum absolute atomic E-state index is 14.0. The first kappa shape index (κ1) is 50.1. The second kappa shape index (κ2) is 22.2. The third-order valence-corrected chi connectivity index (χ3v) is 11.4. The van der Waals surface area contributed by atoms with Gasteiger partial charge < -0.3 is 77.9 Å². The summed E-state index contributed by atoms with van der Waals surface area (Å²) in [6.07, 6.45) is -2.12. The van der Waals surface area contributed by atoms with Gasteiger partial charge in [-0.05, 0) is 57.8 Å². The SMILES string of the molecule is CC(C)C[C@H](NC(=O)[C@@H]1O[C@H]1C(=O)N[C@@H](CO)C(=O)N1CCC[C@H]1C(=O)N1CCC[C@H]1C(=O)N1CCC[C@H]1C(=O)N[C@@H](CO)C(N)=O)C(=O)N[C@@H](CO)C(=O)N[C@H](C(N)=O)[C@@H](C)O. The Morgan fingerprint density at radius 3 is 1.49 bits per heavy atom. The third-order valence-electron chi connectivity index (χ3n) is 11.4. The molecule has 4 aliphatic rings. The highest BCUT2D eigenvalue weighted by Crippen LogP contribution is 2.29. The summed E-state index contributed by atoms with van der Waals surface area (Å²) in [6, 6.07) is -10.3. The van der Waals surface area contributed by atoms with Gasteiger partial charge in [0.15, 0.2) is 12.2 Å². The maximum atomic E-state index is 14.0. The molecule has 63 heavy (non-hydrogen) atoms. The highest BCUT2D eigenvalue weighted by atomic mass is 16.6. The van der Waals surface area contributed by atoms with Crippen molar-refractivity contribution in [1.82, 2.24) is 41.3 Å². The van der Waals surface area contributed by atoms with Crippen LogP contribution >= 0.6 is 0 Å². The summed E-state index contributed by atoms with van der Waals surface area (Å²) < 4.78 is 5.28. The van der Waals surface area contributed by atoms with Crippen LogP contribution in [0.5, 0.6) is 0 Å². The molecule has 0 aromatic rings. The predicted molar refractivity (Wildman–Crippen MR) is 213 cm³/mol. The van der Waals surface area contributed by atoms with Crippen molar-refractivity contribution in [1.29, 1.82) is 0 Å². The predicted octanol–water partition coefficient (Wildman–Crippen LogP) is -7.47. The second-order valence-corrected chi connectivity index (χ2v) is 16.5. The molecule has 4 saturated heterocycles. The number of nitrogens with one attached hydrogen (secondary N) is 5. The topological polar surface area (TPSA) is 386 Å². The van der Waals surface area contributed by atoms with Crippen LogP contribution in [0, 0.1) is 5.92 Å². The van der Waals surface area contributed by atoms with Crippen LogP contribution in [0.1, 0.15) is 65.7 Å². The first-order valence-corrected chi connectivity index (χ1v) is 20.9. The number of rotatable bonds is 21. The van der Waals surface area contributed by atoms with Crippen molar-refractivity contribution in [2.75, 3.05) is 39.5 Å². The van der Waals surface area contributed by atoms with Crippen molar-refractivity contribution in [3.8, 4) is 0 Å². The number of carbonyl (C=O) groups is 10. The summed E-state index contributed by atoms with van der Waals surface area (Å²) in [5, 5.41) is 50.7. The quantitative estimate of drug-likeness (QED) is 0.0477. The van der Waals surface area contributed by atoms with Crippen molar-refractivity contribution in [2.24, 2.45) is 17.4 Å². The molecule has 4 fully saturated rings. The van der Waals surface area contributed by atoms with Crippen molar-refractivity contribution >= 4 is 59.1 Å². The van der Waals surface area contributed by atoms with Gasteiger partial charge in [-0.2, -0.15) is 0 Å². The Kier molecular flexibility index (Phi) is 17.7. The highest BCUT2D eigenvalue weighted by molar-refractivity contribution is 6.00. The summed E-state index contributed by atoms with van der Waals surface area (Å²) in [6.45, 7) is 2.60. The molecule has 10 amide bonds. The number of carbonyl (C=O) groups excluding carboxylic acids is 10. The van der Waals surface area contributed by atoms with Crippen LogP contribution in [0.3, 0.4) is 0 Å². The Balaban J connectivity index is 1.35. The van der Waals surface area contributed by atoms with Crippen LogP contribution in [0.15, 0.2) is 0 Å². The number of nitrogens with two attached hydrogens (primary N) is 2. The largest absolute Gasteiger partial charge is 0.394 e. The number of nitrogens with zero attached hydrogens (tertiary/aromatic N) is 3. The molecule has 0 aliphatic carbocycles. The Hall–Kier alpha value is -5.50. The number of epoxide rings is 1. The fourth-order valence-corrected chi connectivity index (χ4v) is 7.99. The molecule has 4 rings (SSSR count). The van der Waals surface area contributed by atoms with Gasteiger partial charge in [-0.15, -0.1) is 0 Å². The van der Waals surface area contributed by atoms with E-state index in [0.29, 0.717) is 19.3 Å². The van der Waals surface area contributed by atoms with Gasteiger partial charge in [0.05, 0.1) is 25.9 Å². The molecule has 11 atom stereocenters. The van der Waals surface area contributed by atoms with Gasteiger partial charge in [0, 0.05) is 19.6 Å². The number of aliphatic hydroxyl groups excluding tert-OH is 4. The zero-order chi connectivity index (χ0) is 46.9. The smallest absolute Gasteiger partial charge is 0.253 e. The Bertz CT molecular complexity index is 1770. The number of hydrogen-bond acceptors (Lipinski definition) is 15. The Labute approximate surface area is 362 Å². The van der Waals surface area contributed by atoms with Crippen LogP contribution in [0.25, 0.3) is 0 Å². The molecule has 0 radical (unpaired) electrons. The van der Waals surface area contributed by atoms with E-state index >= 15 is 0 Å². The molecular formula is C38H60N10O15. The highest BCUT2D eigenvalue weighted by Gasteiger charge is 2.52. The minimum Gasteiger partial charge on any atom is -0.394 e. The molecule has 25 heteroatoms. The van der Waals surface area contributed by atoms with Gasteiger partial charge in [0.1, 0.15) is 48.3 Å². The zero-order valence-corrected chi connectivity index (χ0v) is 35.4. The summed E-state index contributed by atoms with van der Waals surface area (Å²) >= 11 is 0. The van der Waals surface area contributed by atoms with Crippen LogP contribution in [0.4, 0.5) is 0 Å². The summed E-state index contributed by atoms with van der Waals surface area (Å²) in [5.74, 6) is -8.52. The maximum Gasteiger partial charge on any atom is 0.253 e. The molecule has 4 heterocycles. The average molecular weight is 897 g/mol. The zero-order valence-electron chi connectivity index (χ0n) is 35.4. The summed E-state index contributed by atoms with van der Waals surface area (Å²) in [7, 11) is 0. The molecular weight excluding hydrogens is 836 g/mol. The standard InChI is InChI=1S/C38H60N10O15/c1-17(2)13-19(31(55)43-21(15-50)32(56)45-26(18(3)52)30(40)54)41-34(58)27-28(63-27)35(59)44-22(16-51)36(60)47-11-5-8-24(47)38(62)48-12-6-9-25(48)37(61)46-10-4-7-23(46)33(57)42-20(14-49)29(39)53/h17-28,49-52H,4-16H2,1-3H3,(H2,39,53)(H2,40,54)(H,41,58)(H,42,57)(H,43,55)(H,44,59)(H,45,56)/t18-,19+,20+,21+,22+,23+,24+,25+,26+,27-,28-/m1/s1. The van der Waals surface area contributed by atoms with Gasteiger partial charge in [0.25, 0.3) is 11.8 Å². The van der Waals surface area contributed by atoms with E-state index in [1.807, 2.05) is 0 Å². The number of hydrogen-bond donors (Lipinski definition) is 11. The lowest BCUT2D eigenvalue weighted by atomic mass is 10.0. The molecule has 0 aromatic heterocycles. The van der Waals surface area contributed by atoms with Crippen LogP contribution in [0.2, 0.25) is 0 Å². The number of likely N-dealkylation sites (tertiary alicyclic amines) is 3. The molecule has 13 N–H and O–H groups in total. The van der Waals surface area contributed by atoms with E-state index in [-0.39, 0.29) is 51.2 Å². The first-order chi connectivity index (χ1) is 29.7. The van der Waals surface area contributed by atoms with Gasteiger partial charge in [-0.1, -0.05) is 13.8 Å².